The molecule has 1 atom stereocenters. The van der Waals surface area contributed by atoms with E-state index in [1.54, 1.807) is 46.6 Å². The summed E-state index contributed by atoms with van der Waals surface area (Å²) < 4.78 is 23.1. The van der Waals surface area contributed by atoms with Crippen molar-refractivity contribution >= 4 is 11.4 Å². The van der Waals surface area contributed by atoms with Gasteiger partial charge in [-0.05, 0) is 18.2 Å². The van der Waals surface area contributed by atoms with Crippen LogP contribution in [0.5, 0.6) is 0 Å². The van der Waals surface area contributed by atoms with E-state index in [4.69, 9.17) is 4.42 Å². The molecular formula is C20H16FN9O2. The van der Waals surface area contributed by atoms with Gasteiger partial charge in [-0.1, -0.05) is 0 Å². The van der Waals surface area contributed by atoms with Crippen molar-refractivity contribution in [2.24, 2.45) is 7.05 Å². The molecule has 0 saturated carbocycles. The molecule has 0 saturated heterocycles. The maximum Gasteiger partial charge on any atom is 0.312 e. The lowest BCUT2D eigenvalue weighted by Gasteiger charge is -2.32. The Morgan fingerprint density at radius 3 is 3.03 bits per heavy atom. The number of aromatic nitrogens is 8. The van der Waals surface area contributed by atoms with Crippen LogP contribution in [-0.2, 0) is 13.5 Å². The summed E-state index contributed by atoms with van der Waals surface area (Å²) in [5, 5.41) is 12.4. The molecule has 6 heterocycles. The van der Waals surface area contributed by atoms with Crippen molar-refractivity contribution in [1.82, 2.24) is 44.2 Å². The lowest BCUT2D eigenvalue weighted by atomic mass is 9.99. The third-order valence-corrected chi connectivity index (χ3v) is 5.47. The van der Waals surface area contributed by atoms with Gasteiger partial charge in [0.1, 0.15) is 23.1 Å². The summed E-state index contributed by atoms with van der Waals surface area (Å²) in [7, 11) is 1.82. The zero-order valence-corrected chi connectivity index (χ0v) is 16.8. The van der Waals surface area contributed by atoms with Gasteiger partial charge in [0, 0.05) is 38.1 Å². The van der Waals surface area contributed by atoms with Crippen LogP contribution in [0.4, 0.5) is 4.39 Å². The van der Waals surface area contributed by atoms with Gasteiger partial charge in [-0.15, -0.1) is 10.2 Å². The first-order chi connectivity index (χ1) is 15.6. The molecule has 12 heteroatoms. The zero-order valence-electron chi connectivity index (χ0n) is 16.8. The number of fused-ring (bicyclic) bond motifs is 2. The van der Waals surface area contributed by atoms with Crippen LogP contribution in [0.15, 0.2) is 47.7 Å². The predicted octanol–water partition coefficient (Wildman–Crippen LogP) is 1.77. The first-order valence-electron chi connectivity index (χ1n) is 9.87. The number of carbonyl (C=O) groups is 1. The molecule has 0 aromatic carbocycles. The molecule has 1 N–H and O–H groups in total. The number of pyridine rings is 1. The molecule has 0 bridgehead atoms. The van der Waals surface area contributed by atoms with Crippen molar-refractivity contribution in [2.75, 3.05) is 6.54 Å². The van der Waals surface area contributed by atoms with Crippen molar-refractivity contribution < 1.29 is 13.6 Å². The second-order valence-corrected chi connectivity index (χ2v) is 7.51. The smallest absolute Gasteiger partial charge is 0.312 e. The Labute approximate surface area is 179 Å². The van der Waals surface area contributed by atoms with Crippen molar-refractivity contribution in [2.45, 2.75) is 12.5 Å². The van der Waals surface area contributed by atoms with E-state index >= 15 is 0 Å². The number of nitrogens with one attached hydrogen (secondary N) is 1. The monoisotopic (exact) mass is 433 g/mol. The molecule has 0 spiro atoms. The normalized spacial score (nSPS) is 15.9. The Morgan fingerprint density at radius 2 is 2.22 bits per heavy atom. The molecule has 11 nitrogen and oxygen atoms in total. The van der Waals surface area contributed by atoms with Crippen LogP contribution in [-0.4, -0.2) is 56.7 Å². The van der Waals surface area contributed by atoms with Crippen molar-refractivity contribution in [3.05, 3.63) is 72.0 Å². The zero-order chi connectivity index (χ0) is 21.8. The molecule has 160 valence electrons. The summed E-state index contributed by atoms with van der Waals surface area (Å²) in [6.07, 6.45) is 7.12. The average Bonchev–Trinajstić information content (AvgIpc) is 3.57. The lowest BCUT2D eigenvalue weighted by Crippen LogP contribution is -2.41. The molecule has 1 aliphatic rings. The van der Waals surface area contributed by atoms with Crippen LogP contribution in [0.3, 0.4) is 0 Å². The van der Waals surface area contributed by atoms with E-state index in [1.165, 1.54) is 10.6 Å². The highest BCUT2D eigenvalue weighted by atomic mass is 19.1. The van der Waals surface area contributed by atoms with Gasteiger partial charge in [0.2, 0.25) is 0 Å². The average molecular weight is 433 g/mol. The number of hydrogen-bond donors (Lipinski definition) is 1. The van der Waals surface area contributed by atoms with Gasteiger partial charge in [-0.2, -0.15) is 5.10 Å². The Kier molecular flexibility index (Phi) is 3.93. The topological polar surface area (TPSA) is 123 Å². The Bertz CT molecular complexity index is 1460. The lowest BCUT2D eigenvalue weighted by molar-refractivity contribution is 0.0646. The van der Waals surface area contributed by atoms with Crippen LogP contribution >= 0.6 is 0 Å². The highest BCUT2D eigenvalue weighted by Crippen LogP contribution is 2.34. The number of amides is 1. The van der Waals surface area contributed by atoms with Crippen molar-refractivity contribution in [1.29, 1.82) is 0 Å². The summed E-state index contributed by atoms with van der Waals surface area (Å²) in [6.45, 7) is 0.371. The number of imidazole rings is 2. The minimum absolute atomic E-state index is 0.151. The molecule has 32 heavy (non-hydrogen) atoms. The van der Waals surface area contributed by atoms with Crippen molar-refractivity contribution in [3.63, 3.8) is 0 Å². The number of nitrogens with zero attached hydrogens (tertiary/aromatic N) is 8. The first kappa shape index (κ1) is 18.4. The second kappa shape index (κ2) is 6.83. The quantitative estimate of drug-likeness (QED) is 0.460. The van der Waals surface area contributed by atoms with E-state index in [2.05, 4.69) is 30.2 Å². The molecular weight excluding hydrogens is 417 g/mol. The molecule has 1 amide bonds. The minimum atomic E-state index is -0.637. The number of hydrogen-bond acceptors (Lipinski definition) is 7. The maximum absolute atomic E-state index is 14.3. The fourth-order valence-electron chi connectivity index (χ4n) is 3.99. The van der Waals surface area contributed by atoms with Crippen molar-refractivity contribution in [3.8, 4) is 11.6 Å². The molecule has 0 aliphatic carbocycles. The fraction of sp³-hybridized carbons (Fsp3) is 0.200. The van der Waals surface area contributed by atoms with Gasteiger partial charge < -0.3 is 18.9 Å². The molecule has 5 aromatic rings. The van der Waals surface area contributed by atoms with Gasteiger partial charge >= 0.3 is 11.8 Å². The molecule has 5 aromatic heterocycles. The van der Waals surface area contributed by atoms with E-state index in [0.717, 1.165) is 5.69 Å². The third-order valence-electron chi connectivity index (χ3n) is 5.47. The molecule has 0 radical (unpaired) electrons. The third kappa shape index (κ3) is 2.80. The van der Waals surface area contributed by atoms with Crippen LogP contribution in [0, 0.1) is 5.82 Å². The second-order valence-electron chi connectivity index (χ2n) is 7.51. The Morgan fingerprint density at radius 1 is 1.31 bits per heavy atom. The number of halogens is 1. The van der Waals surface area contributed by atoms with Crippen LogP contribution in [0.2, 0.25) is 0 Å². The molecule has 1 unspecified atom stereocenters. The van der Waals surface area contributed by atoms with E-state index < -0.39 is 17.8 Å². The van der Waals surface area contributed by atoms with Gasteiger partial charge in [-0.3, -0.25) is 4.79 Å². The molecule has 1 aliphatic heterocycles. The SMILES string of the molecule is Cn1cnc(-c2nnc(C(=O)N3CCc4[nH]cnc4C3c3cc4c(F)cccn4n3)o2)c1. The first-order valence-corrected chi connectivity index (χ1v) is 9.87. The van der Waals surface area contributed by atoms with Crippen LogP contribution in [0.25, 0.3) is 17.1 Å². The number of H-pyrrole nitrogens is 1. The maximum atomic E-state index is 14.3. The van der Waals surface area contributed by atoms with Gasteiger partial charge in [-0.25, -0.2) is 18.9 Å². The van der Waals surface area contributed by atoms with Crippen LogP contribution < -0.4 is 0 Å². The number of rotatable bonds is 3. The molecule has 6 rings (SSSR count). The Hall–Kier alpha value is -4.35. The van der Waals surface area contributed by atoms with E-state index in [-0.39, 0.29) is 11.8 Å². The van der Waals surface area contributed by atoms with Gasteiger partial charge in [0.05, 0.1) is 24.0 Å². The number of carbonyl (C=O) groups excluding carboxylic acids is 1. The summed E-state index contributed by atoms with van der Waals surface area (Å²) >= 11 is 0. The summed E-state index contributed by atoms with van der Waals surface area (Å²) in [5.41, 5.74) is 2.82. The largest absolute Gasteiger partial charge is 0.411 e. The minimum Gasteiger partial charge on any atom is -0.411 e. The van der Waals surface area contributed by atoms with E-state index in [0.29, 0.717) is 35.6 Å². The van der Waals surface area contributed by atoms with E-state index in [1.807, 2.05) is 7.05 Å². The van der Waals surface area contributed by atoms with Gasteiger partial charge in [0.15, 0.2) is 0 Å². The fourth-order valence-corrected chi connectivity index (χ4v) is 3.99. The predicted molar refractivity (Wildman–Crippen MR) is 107 cm³/mol. The summed E-state index contributed by atoms with van der Waals surface area (Å²) in [6, 6.07) is 3.92. The summed E-state index contributed by atoms with van der Waals surface area (Å²) in [5.74, 6) is -0.877. The number of aromatic amines is 1. The highest BCUT2D eigenvalue weighted by molar-refractivity contribution is 5.90. The van der Waals surface area contributed by atoms with Crippen LogP contribution in [0.1, 0.15) is 33.8 Å². The highest BCUT2D eigenvalue weighted by Gasteiger charge is 2.38. The number of aryl methyl sites for hydroxylation is 1. The molecule has 0 fully saturated rings. The summed E-state index contributed by atoms with van der Waals surface area (Å²) in [4.78, 5) is 26.7. The Balaban J connectivity index is 1.41. The van der Waals surface area contributed by atoms with Gasteiger partial charge in [0.25, 0.3) is 5.89 Å². The van der Waals surface area contributed by atoms with E-state index in [9.17, 15) is 9.18 Å². The standard InChI is InChI=1S/C20H16FN9O2/c1-28-8-14(24-10-28)18-25-26-19(32-18)20(31)29-6-4-12-16(23-9-22-12)17(29)13-7-15-11(21)3-2-5-30(15)27-13/h2-3,5,7-10,17H,4,6H2,1H3,(H,22,23).